The van der Waals surface area contributed by atoms with Gasteiger partial charge in [0, 0.05) is 42.2 Å². The van der Waals surface area contributed by atoms with Crippen LogP contribution in [0.1, 0.15) is 33.4 Å². The van der Waals surface area contributed by atoms with E-state index in [9.17, 15) is 21.0 Å². The number of anilines is 3. The maximum absolute atomic E-state index is 9.85. The number of hydrogen-bond acceptors (Lipinski definition) is 13. The molecule has 0 fully saturated rings. The van der Waals surface area contributed by atoms with Crippen LogP contribution in [-0.2, 0) is 13.1 Å². The molecular weight excluding hydrogens is 805 g/mol. The van der Waals surface area contributed by atoms with Crippen molar-refractivity contribution in [3.63, 3.8) is 0 Å². The highest BCUT2D eigenvalue weighted by Crippen LogP contribution is 2.39. The maximum atomic E-state index is 9.85. The summed E-state index contributed by atoms with van der Waals surface area (Å²) in [7, 11) is 0. The third-order valence-electron chi connectivity index (χ3n) is 9.08. The van der Waals surface area contributed by atoms with Crippen LogP contribution >= 0.6 is 11.8 Å². The zero-order valence-electron chi connectivity index (χ0n) is 34.2. The smallest absolute Gasteiger partial charge is 0.147 e. The number of nitrogens with one attached hydrogen (secondary N) is 3. The highest BCUT2D eigenvalue weighted by atomic mass is 32.2. The monoisotopic (exact) mass is 848 g/mol. The minimum Gasteiger partial charge on any atom is -0.395 e. The summed E-state index contributed by atoms with van der Waals surface area (Å²) >= 11 is 1.37. The van der Waals surface area contributed by atoms with Crippen molar-refractivity contribution >= 4 is 29.2 Å². The van der Waals surface area contributed by atoms with Crippen molar-refractivity contribution in [2.45, 2.75) is 23.0 Å². The Bertz CT molecular complexity index is 2700. The molecule has 0 unspecified atom stereocenters. The van der Waals surface area contributed by atoms with Gasteiger partial charge in [0.1, 0.15) is 63.4 Å². The Labute approximate surface area is 371 Å². The Balaban J connectivity index is 0.000000202. The summed E-state index contributed by atoms with van der Waals surface area (Å²) in [5, 5.41) is 67.2. The Morgan fingerprint density at radius 1 is 0.476 bits per heavy atom. The fourth-order valence-electron chi connectivity index (χ4n) is 6.17. The van der Waals surface area contributed by atoms with Crippen LogP contribution in [0, 0.1) is 45.3 Å². The largest absolute Gasteiger partial charge is 0.395 e. The first-order chi connectivity index (χ1) is 31.0. The quantitative estimate of drug-likeness (QED) is 0.0603. The fourth-order valence-corrected chi connectivity index (χ4v) is 7.07. The van der Waals surface area contributed by atoms with E-state index < -0.39 is 0 Å². The second-order valence-electron chi connectivity index (χ2n) is 13.2. The molecule has 2 aromatic heterocycles. The molecule has 13 heteroatoms. The van der Waals surface area contributed by atoms with E-state index in [4.69, 9.17) is 15.9 Å². The van der Waals surface area contributed by atoms with Gasteiger partial charge in [0.15, 0.2) is 0 Å². The summed E-state index contributed by atoms with van der Waals surface area (Å²) in [6.45, 7) is 1.45. The molecule has 7 rings (SSSR count). The molecule has 312 valence electrons. The molecule has 12 nitrogen and oxygen atoms in total. The summed E-state index contributed by atoms with van der Waals surface area (Å²) in [5.74, 6) is 1.09. The third kappa shape index (κ3) is 12.7. The number of aliphatic hydroxyl groups is 2. The SMILES string of the molecule is N#Cc1c(NCCO)nc(NCc2ccccc2)c(C#N)c1-c1ccccc1.N#Cc1c(NCCO)nc(Sc2ccccc2)c(C#N)c1-c1ccccc1.NCc1ccccc1. The number of pyridine rings is 2. The molecule has 0 bridgehead atoms. The third-order valence-corrected chi connectivity index (χ3v) is 10.1. The van der Waals surface area contributed by atoms with Crippen molar-refractivity contribution in [1.29, 1.82) is 21.0 Å². The first kappa shape index (κ1) is 46.1. The second kappa shape index (κ2) is 24.9. The minimum atomic E-state index is -0.0972. The first-order valence-corrected chi connectivity index (χ1v) is 20.6. The van der Waals surface area contributed by atoms with Crippen molar-refractivity contribution in [1.82, 2.24) is 9.97 Å². The van der Waals surface area contributed by atoms with Gasteiger partial charge in [-0.2, -0.15) is 21.0 Å². The fraction of sp³-hybridized carbons (Fsp3) is 0.120. The van der Waals surface area contributed by atoms with Crippen LogP contribution in [0.4, 0.5) is 17.5 Å². The number of nitriles is 4. The van der Waals surface area contributed by atoms with Gasteiger partial charge in [0.25, 0.3) is 0 Å². The van der Waals surface area contributed by atoms with Gasteiger partial charge in [0.2, 0.25) is 0 Å². The standard InChI is InChI=1S/C22H19N5O.C21H16N4OS.C7H9N/c23-13-18-20(17-9-5-2-6-10-17)19(14-24)22(27-21(18)25-11-12-28)26-15-16-7-3-1-4-8-16;22-13-17-19(15-7-3-1-4-8-15)18(14-23)21(25-20(17)24-11-12-26)27-16-9-5-2-6-10-16;8-6-7-4-2-1-3-5-7/h1-10,28H,11-12,15H2,(H2,25,26,27);1-10,26H,11-12H2,(H,24,25);1-5H,6,8H2. The summed E-state index contributed by atoms with van der Waals surface area (Å²) in [6.07, 6.45) is 0. The van der Waals surface area contributed by atoms with E-state index in [1.165, 1.54) is 17.3 Å². The molecule has 0 amide bonds. The minimum absolute atomic E-state index is 0.0889. The molecule has 5 aromatic carbocycles. The van der Waals surface area contributed by atoms with Crippen LogP contribution in [0.25, 0.3) is 22.3 Å². The lowest BCUT2D eigenvalue weighted by atomic mass is 9.96. The van der Waals surface area contributed by atoms with Crippen LogP contribution in [0.5, 0.6) is 0 Å². The van der Waals surface area contributed by atoms with E-state index in [0.717, 1.165) is 21.6 Å². The van der Waals surface area contributed by atoms with E-state index in [0.29, 0.717) is 63.4 Å². The highest BCUT2D eigenvalue weighted by molar-refractivity contribution is 7.99. The molecule has 63 heavy (non-hydrogen) atoms. The molecule has 0 aliphatic carbocycles. The number of rotatable bonds is 14. The summed E-state index contributed by atoms with van der Waals surface area (Å²) in [5.41, 5.74) is 11.4. The Hall–Kier alpha value is -8.01. The van der Waals surface area contributed by atoms with Crippen molar-refractivity contribution in [2.75, 3.05) is 42.3 Å². The normalized spacial score (nSPS) is 9.89. The topological polar surface area (TPSA) is 224 Å². The summed E-state index contributed by atoms with van der Waals surface area (Å²) in [6, 6.07) is 56.8. The Morgan fingerprint density at radius 3 is 1.27 bits per heavy atom. The lowest BCUT2D eigenvalue weighted by molar-refractivity contribution is 0.310. The predicted molar refractivity (Wildman–Crippen MR) is 248 cm³/mol. The number of benzene rings is 5. The number of nitrogens with two attached hydrogens (primary N) is 1. The molecule has 0 radical (unpaired) electrons. The molecule has 0 atom stereocenters. The molecule has 0 saturated carbocycles. The van der Waals surface area contributed by atoms with Gasteiger partial charge in [-0.15, -0.1) is 0 Å². The van der Waals surface area contributed by atoms with Crippen molar-refractivity contribution < 1.29 is 10.2 Å². The average Bonchev–Trinajstić information content (AvgIpc) is 3.35. The zero-order chi connectivity index (χ0) is 44.7. The van der Waals surface area contributed by atoms with Crippen LogP contribution in [0.3, 0.4) is 0 Å². The van der Waals surface area contributed by atoms with E-state index in [2.05, 4.69) is 50.2 Å². The van der Waals surface area contributed by atoms with Gasteiger partial charge in [-0.3, -0.25) is 0 Å². The van der Waals surface area contributed by atoms with E-state index in [1.807, 2.05) is 152 Å². The first-order valence-electron chi connectivity index (χ1n) is 19.8. The van der Waals surface area contributed by atoms with Crippen molar-refractivity contribution in [3.8, 4) is 46.5 Å². The zero-order valence-corrected chi connectivity index (χ0v) is 35.1. The molecule has 0 aliphatic rings. The van der Waals surface area contributed by atoms with Crippen LogP contribution in [0.15, 0.2) is 162 Å². The predicted octanol–water partition coefficient (Wildman–Crippen LogP) is 8.70. The lowest BCUT2D eigenvalue weighted by Crippen LogP contribution is -2.13. The van der Waals surface area contributed by atoms with Gasteiger partial charge < -0.3 is 31.9 Å². The molecular formula is C50H44N10O2S. The molecule has 7 aromatic rings. The molecule has 2 heterocycles. The van der Waals surface area contributed by atoms with E-state index in [-0.39, 0.29) is 31.9 Å². The highest BCUT2D eigenvalue weighted by Gasteiger charge is 2.23. The summed E-state index contributed by atoms with van der Waals surface area (Å²) in [4.78, 5) is 9.95. The van der Waals surface area contributed by atoms with E-state index >= 15 is 0 Å². The van der Waals surface area contributed by atoms with E-state index in [1.54, 1.807) is 0 Å². The molecule has 7 N–H and O–H groups in total. The molecule has 0 spiro atoms. The Kier molecular flexibility index (Phi) is 18.2. The summed E-state index contributed by atoms with van der Waals surface area (Å²) < 4.78 is 0. The van der Waals surface area contributed by atoms with Gasteiger partial charge in [-0.05, 0) is 34.4 Å². The van der Waals surface area contributed by atoms with Gasteiger partial charge in [-0.1, -0.05) is 151 Å². The average molecular weight is 849 g/mol. The van der Waals surface area contributed by atoms with Gasteiger partial charge in [-0.25, -0.2) is 9.97 Å². The number of hydrogen-bond donors (Lipinski definition) is 6. The number of aromatic nitrogens is 2. The van der Waals surface area contributed by atoms with Gasteiger partial charge in [0.05, 0.1) is 18.8 Å². The van der Waals surface area contributed by atoms with Crippen molar-refractivity contribution in [3.05, 3.63) is 185 Å². The van der Waals surface area contributed by atoms with Crippen molar-refractivity contribution in [2.24, 2.45) is 5.73 Å². The van der Waals surface area contributed by atoms with Crippen LogP contribution in [0.2, 0.25) is 0 Å². The van der Waals surface area contributed by atoms with Crippen LogP contribution in [-0.4, -0.2) is 46.5 Å². The lowest BCUT2D eigenvalue weighted by Gasteiger charge is -2.17. The van der Waals surface area contributed by atoms with Crippen LogP contribution < -0.4 is 21.7 Å². The maximum Gasteiger partial charge on any atom is 0.147 e. The second-order valence-corrected chi connectivity index (χ2v) is 14.3. The molecule has 0 saturated heterocycles. The Morgan fingerprint density at radius 2 is 0.857 bits per heavy atom. The van der Waals surface area contributed by atoms with Gasteiger partial charge >= 0.3 is 0 Å². The number of aliphatic hydroxyl groups excluding tert-OH is 2. The number of nitrogens with zero attached hydrogens (tertiary/aromatic N) is 6. The molecule has 0 aliphatic heterocycles.